The van der Waals surface area contributed by atoms with Crippen LogP contribution < -0.4 is 4.74 Å². The molecule has 0 radical (unpaired) electrons. The van der Waals surface area contributed by atoms with Gasteiger partial charge in [-0.05, 0) is 54.6 Å². The van der Waals surface area contributed by atoms with Crippen molar-refractivity contribution in [3.63, 3.8) is 0 Å². The number of carbonyl (C=O) groups excluding carboxylic acids is 1. The summed E-state index contributed by atoms with van der Waals surface area (Å²) in [6, 6.07) is 11.3. The van der Waals surface area contributed by atoms with E-state index in [0.29, 0.717) is 11.3 Å². The van der Waals surface area contributed by atoms with Crippen molar-refractivity contribution in [3.05, 3.63) is 64.1 Å². The van der Waals surface area contributed by atoms with E-state index in [4.69, 9.17) is 4.74 Å². The highest BCUT2D eigenvalue weighted by molar-refractivity contribution is 9.10. The van der Waals surface area contributed by atoms with Crippen LogP contribution in [0.2, 0.25) is 0 Å². The Balaban J connectivity index is 2.24. The normalized spacial score (nSPS) is 11.6. The molecule has 0 amide bonds. The molecule has 120 valence electrons. The van der Waals surface area contributed by atoms with E-state index in [9.17, 15) is 13.2 Å². The summed E-state index contributed by atoms with van der Waals surface area (Å²) in [7, 11) is -1.70. The van der Waals surface area contributed by atoms with Gasteiger partial charge in [0.25, 0.3) is 0 Å². The largest absolute Gasteiger partial charge is 0.496 e. The lowest BCUT2D eigenvalue weighted by Crippen LogP contribution is -1.99. The zero-order chi connectivity index (χ0) is 17.0. The summed E-state index contributed by atoms with van der Waals surface area (Å²) in [6.07, 6.45) is 4.22. The summed E-state index contributed by atoms with van der Waals surface area (Å²) in [4.78, 5) is 12.4. The van der Waals surface area contributed by atoms with Crippen LogP contribution in [-0.2, 0) is 9.84 Å². The van der Waals surface area contributed by atoms with Crippen molar-refractivity contribution in [2.24, 2.45) is 0 Å². The lowest BCUT2D eigenvalue weighted by molar-refractivity contribution is 0.104. The van der Waals surface area contributed by atoms with Crippen LogP contribution in [0.5, 0.6) is 5.75 Å². The van der Waals surface area contributed by atoms with Crippen LogP contribution in [-0.4, -0.2) is 27.6 Å². The lowest BCUT2D eigenvalue weighted by Gasteiger charge is -2.05. The van der Waals surface area contributed by atoms with E-state index in [-0.39, 0.29) is 10.7 Å². The average Bonchev–Trinajstić information content (AvgIpc) is 2.52. The molecule has 6 heteroatoms. The summed E-state index contributed by atoms with van der Waals surface area (Å²) in [6.45, 7) is 0. The van der Waals surface area contributed by atoms with E-state index in [1.807, 2.05) is 12.1 Å². The van der Waals surface area contributed by atoms with E-state index in [1.54, 1.807) is 19.3 Å². The Morgan fingerprint density at radius 3 is 2.35 bits per heavy atom. The van der Waals surface area contributed by atoms with Crippen molar-refractivity contribution in [1.29, 1.82) is 0 Å². The first kappa shape index (κ1) is 17.4. The average molecular weight is 395 g/mol. The molecule has 0 saturated carbocycles. The first-order chi connectivity index (χ1) is 10.8. The van der Waals surface area contributed by atoms with E-state index in [2.05, 4.69) is 15.9 Å². The van der Waals surface area contributed by atoms with Crippen LogP contribution in [0.15, 0.2) is 57.9 Å². The molecule has 0 fully saturated rings. The Morgan fingerprint density at radius 1 is 1.13 bits per heavy atom. The first-order valence-electron chi connectivity index (χ1n) is 6.67. The third-order valence-corrected chi connectivity index (χ3v) is 4.79. The minimum atomic E-state index is -3.27. The number of hydrogen-bond acceptors (Lipinski definition) is 4. The monoisotopic (exact) mass is 394 g/mol. The van der Waals surface area contributed by atoms with Crippen LogP contribution in [0.25, 0.3) is 6.08 Å². The Morgan fingerprint density at radius 2 is 1.78 bits per heavy atom. The number of sulfone groups is 1. The zero-order valence-electron chi connectivity index (χ0n) is 12.6. The molecule has 0 aliphatic rings. The molecule has 0 aromatic heterocycles. The van der Waals surface area contributed by atoms with Crippen molar-refractivity contribution in [3.8, 4) is 5.75 Å². The fourth-order valence-electron chi connectivity index (χ4n) is 1.96. The summed E-state index contributed by atoms with van der Waals surface area (Å²) in [5.74, 6) is 0.441. The van der Waals surface area contributed by atoms with Crippen molar-refractivity contribution in [2.75, 3.05) is 13.4 Å². The molecule has 0 atom stereocenters. The van der Waals surface area contributed by atoms with Gasteiger partial charge in [-0.1, -0.05) is 15.9 Å². The van der Waals surface area contributed by atoms with Gasteiger partial charge in [0.15, 0.2) is 15.6 Å². The van der Waals surface area contributed by atoms with Crippen molar-refractivity contribution >= 4 is 37.6 Å². The topological polar surface area (TPSA) is 60.4 Å². The van der Waals surface area contributed by atoms with E-state index in [1.165, 1.54) is 30.3 Å². The fourth-order valence-corrected chi connectivity index (χ4v) is 2.97. The minimum absolute atomic E-state index is 0.187. The number of halogens is 1. The standard InChI is InChI=1S/C17H15BrO4S/c1-22-17-10-6-14(18)11-13(17)5-9-16(19)12-3-7-15(8-4-12)23(2,20)21/h3-11H,1-2H3/b9-5+. The van der Waals surface area contributed by atoms with Crippen LogP contribution in [0.4, 0.5) is 0 Å². The summed E-state index contributed by atoms with van der Waals surface area (Å²) < 4.78 is 28.9. The number of carbonyl (C=O) groups is 1. The summed E-state index contributed by atoms with van der Waals surface area (Å²) in [5, 5.41) is 0. The third kappa shape index (κ3) is 4.53. The number of methoxy groups -OCH3 is 1. The molecule has 2 rings (SSSR count). The van der Waals surface area contributed by atoms with Gasteiger partial charge < -0.3 is 4.74 Å². The minimum Gasteiger partial charge on any atom is -0.496 e. The molecule has 2 aromatic rings. The van der Waals surface area contributed by atoms with Crippen LogP contribution >= 0.6 is 15.9 Å². The molecule has 0 unspecified atom stereocenters. The molecule has 0 saturated heterocycles. The SMILES string of the molecule is COc1ccc(Br)cc1/C=C/C(=O)c1ccc(S(C)(=O)=O)cc1. The van der Waals surface area contributed by atoms with Gasteiger partial charge in [0, 0.05) is 21.9 Å². The highest BCUT2D eigenvalue weighted by Crippen LogP contribution is 2.24. The highest BCUT2D eigenvalue weighted by Gasteiger charge is 2.08. The van der Waals surface area contributed by atoms with E-state index < -0.39 is 9.84 Å². The van der Waals surface area contributed by atoms with Gasteiger partial charge >= 0.3 is 0 Å². The van der Waals surface area contributed by atoms with Crippen LogP contribution in [0.1, 0.15) is 15.9 Å². The Hall–Kier alpha value is -1.92. The van der Waals surface area contributed by atoms with E-state index in [0.717, 1.165) is 16.3 Å². The molecular weight excluding hydrogens is 380 g/mol. The van der Waals surface area contributed by atoms with Gasteiger partial charge in [0.2, 0.25) is 0 Å². The van der Waals surface area contributed by atoms with Gasteiger partial charge in [-0.3, -0.25) is 4.79 Å². The smallest absolute Gasteiger partial charge is 0.185 e. The predicted molar refractivity (Wildman–Crippen MR) is 93.6 cm³/mol. The molecule has 0 aliphatic carbocycles. The van der Waals surface area contributed by atoms with Gasteiger partial charge in [-0.25, -0.2) is 8.42 Å². The maximum atomic E-state index is 12.2. The fraction of sp³-hybridized carbons (Fsp3) is 0.118. The second-order valence-electron chi connectivity index (χ2n) is 4.88. The molecule has 0 N–H and O–H groups in total. The lowest BCUT2D eigenvalue weighted by atomic mass is 10.1. The summed E-state index contributed by atoms with van der Waals surface area (Å²) in [5.41, 5.74) is 1.19. The number of benzene rings is 2. The maximum Gasteiger partial charge on any atom is 0.185 e. The van der Waals surface area contributed by atoms with Crippen LogP contribution in [0.3, 0.4) is 0 Å². The molecular formula is C17H15BrO4S. The van der Waals surface area contributed by atoms with E-state index >= 15 is 0 Å². The number of allylic oxidation sites excluding steroid dienone is 1. The molecule has 4 nitrogen and oxygen atoms in total. The summed E-state index contributed by atoms with van der Waals surface area (Å²) >= 11 is 3.37. The molecule has 0 heterocycles. The molecule has 2 aromatic carbocycles. The number of hydrogen-bond donors (Lipinski definition) is 0. The molecule has 0 aliphatic heterocycles. The van der Waals surface area contributed by atoms with Gasteiger partial charge in [-0.15, -0.1) is 0 Å². The maximum absolute atomic E-state index is 12.2. The number of rotatable bonds is 5. The van der Waals surface area contributed by atoms with Crippen LogP contribution in [0, 0.1) is 0 Å². The second kappa shape index (κ2) is 7.10. The Labute approximate surface area is 143 Å². The molecule has 0 spiro atoms. The number of ether oxygens (including phenoxy) is 1. The van der Waals surface area contributed by atoms with Gasteiger partial charge in [0.1, 0.15) is 5.75 Å². The van der Waals surface area contributed by atoms with Crippen molar-refractivity contribution in [1.82, 2.24) is 0 Å². The first-order valence-corrected chi connectivity index (χ1v) is 9.36. The Kier molecular flexibility index (Phi) is 5.38. The third-order valence-electron chi connectivity index (χ3n) is 3.17. The predicted octanol–water partition coefficient (Wildman–Crippen LogP) is 3.76. The quantitative estimate of drug-likeness (QED) is 0.572. The van der Waals surface area contributed by atoms with Gasteiger partial charge in [-0.2, -0.15) is 0 Å². The molecule has 23 heavy (non-hydrogen) atoms. The Bertz CT molecular complexity index is 853. The van der Waals surface area contributed by atoms with Gasteiger partial charge in [0.05, 0.1) is 12.0 Å². The number of ketones is 1. The van der Waals surface area contributed by atoms with Crippen molar-refractivity contribution < 1.29 is 17.9 Å². The molecule has 0 bridgehead atoms. The second-order valence-corrected chi connectivity index (χ2v) is 7.81. The van der Waals surface area contributed by atoms with Crippen molar-refractivity contribution in [2.45, 2.75) is 4.90 Å². The zero-order valence-corrected chi connectivity index (χ0v) is 15.0. The highest BCUT2D eigenvalue weighted by atomic mass is 79.9.